The Hall–Kier alpha value is -1.92. The van der Waals surface area contributed by atoms with Crippen molar-refractivity contribution >= 4 is 64.2 Å². The van der Waals surface area contributed by atoms with Gasteiger partial charge in [0.2, 0.25) is 11.8 Å². The van der Waals surface area contributed by atoms with E-state index < -0.39 is 10.5 Å². The molecule has 0 bridgehead atoms. The van der Waals surface area contributed by atoms with Crippen molar-refractivity contribution in [3.63, 3.8) is 0 Å². The summed E-state index contributed by atoms with van der Waals surface area (Å²) < 4.78 is 0. The second-order valence-corrected chi connectivity index (χ2v) is 10.1. The molecule has 0 unspecified atom stereocenters. The van der Waals surface area contributed by atoms with Gasteiger partial charge in [-0.05, 0) is 67.6 Å². The Morgan fingerprint density at radius 3 is 1.53 bits per heavy atom. The van der Waals surface area contributed by atoms with Crippen LogP contribution in [0.15, 0.2) is 82.6 Å². The van der Waals surface area contributed by atoms with Crippen molar-refractivity contribution in [2.75, 3.05) is 4.90 Å². The van der Waals surface area contributed by atoms with E-state index in [-0.39, 0.29) is 11.8 Å². The maximum Gasteiger partial charge on any atom is 0.248 e. The van der Waals surface area contributed by atoms with Gasteiger partial charge in [-0.3, -0.25) is 9.59 Å². The molecule has 1 aliphatic heterocycles. The minimum atomic E-state index is -0.555. The maximum absolute atomic E-state index is 13.3. The third-order valence-corrected chi connectivity index (χ3v) is 7.87. The average Bonchev–Trinajstić information content (AvgIpc) is 2.96. The molecule has 0 radical (unpaired) electrons. The summed E-state index contributed by atoms with van der Waals surface area (Å²) in [5.41, 5.74) is 1.67. The molecule has 3 nitrogen and oxygen atoms in total. The number of hydrogen-bond acceptors (Lipinski definition) is 4. The van der Waals surface area contributed by atoms with E-state index in [0.29, 0.717) is 15.7 Å². The molecule has 3 aromatic rings. The smallest absolute Gasteiger partial charge is 0.248 e. The van der Waals surface area contributed by atoms with Crippen LogP contribution in [0.3, 0.4) is 0 Å². The monoisotopic (exact) mass is 473 g/mol. The minimum absolute atomic E-state index is 0.223. The first-order valence-corrected chi connectivity index (χ1v) is 11.7. The van der Waals surface area contributed by atoms with E-state index in [1.54, 1.807) is 36.4 Å². The number of imide groups is 1. The normalized spacial score (nSPS) is 18.8. The Bertz CT molecular complexity index is 1000. The molecule has 0 aromatic heterocycles. The third kappa shape index (κ3) is 4.54. The van der Waals surface area contributed by atoms with Crippen molar-refractivity contribution in [1.82, 2.24) is 0 Å². The highest BCUT2D eigenvalue weighted by molar-refractivity contribution is 8.05. The van der Waals surface area contributed by atoms with Crippen molar-refractivity contribution in [2.45, 2.75) is 27.2 Å². The fraction of sp³-hybridized carbons (Fsp3) is 0.130. The zero-order chi connectivity index (χ0) is 21.3. The maximum atomic E-state index is 13.3. The van der Waals surface area contributed by atoms with Gasteiger partial charge in [0.25, 0.3) is 0 Å². The number of carbonyl (C=O) groups is 2. The van der Waals surface area contributed by atoms with Gasteiger partial charge in [0.15, 0.2) is 0 Å². The van der Waals surface area contributed by atoms with Crippen LogP contribution in [0, 0.1) is 6.92 Å². The largest absolute Gasteiger partial charge is 0.273 e. The molecule has 0 aliphatic carbocycles. The Labute approximate surface area is 193 Å². The number of benzene rings is 3. The SMILES string of the molecule is Cc1ccc(S[C@H]2C(=O)N(c3ccc(Cl)cc3)C(=O)[C@@H]2Sc2ccc(Cl)cc2)cc1. The minimum Gasteiger partial charge on any atom is -0.273 e. The van der Waals surface area contributed by atoms with Gasteiger partial charge in [0.1, 0.15) is 10.5 Å². The molecule has 1 aliphatic rings. The second-order valence-electron chi connectivity index (χ2n) is 6.83. The van der Waals surface area contributed by atoms with Crippen LogP contribution in [-0.4, -0.2) is 22.3 Å². The Kier molecular flexibility index (Phi) is 6.44. The summed E-state index contributed by atoms with van der Waals surface area (Å²) in [5.74, 6) is -0.453. The van der Waals surface area contributed by atoms with Crippen molar-refractivity contribution < 1.29 is 9.59 Å². The molecule has 1 saturated heterocycles. The predicted octanol–water partition coefficient (Wildman–Crippen LogP) is 6.50. The van der Waals surface area contributed by atoms with Gasteiger partial charge in [-0.1, -0.05) is 40.9 Å². The average molecular weight is 474 g/mol. The summed E-state index contributed by atoms with van der Waals surface area (Å²) in [5, 5.41) is 0.0780. The Morgan fingerprint density at radius 2 is 1.07 bits per heavy atom. The number of anilines is 1. The number of nitrogens with zero attached hydrogens (tertiary/aromatic N) is 1. The first-order valence-electron chi connectivity index (χ1n) is 9.21. The lowest BCUT2D eigenvalue weighted by Crippen LogP contribution is -2.31. The zero-order valence-electron chi connectivity index (χ0n) is 15.9. The van der Waals surface area contributed by atoms with Gasteiger partial charge in [-0.15, -0.1) is 23.5 Å². The number of halogens is 2. The van der Waals surface area contributed by atoms with Crippen LogP contribution in [0.25, 0.3) is 0 Å². The van der Waals surface area contributed by atoms with Crippen LogP contribution in [0.5, 0.6) is 0 Å². The molecular weight excluding hydrogens is 457 g/mol. The van der Waals surface area contributed by atoms with Crippen molar-refractivity contribution in [3.8, 4) is 0 Å². The number of rotatable bonds is 5. The highest BCUT2D eigenvalue weighted by atomic mass is 35.5. The topological polar surface area (TPSA) is 37.4 Å². The second kappa shape index (κ2) is 9.06. The summed E-state index contributed by atoms with van der Waals surface area (Å²) in [6.45, 7) is 2.01. The summed E-state index contributed by atoms with van der Waals surface area (Å²) >= 11 is 14.8. The van der Waals surface area contributed by atoms with E-state index in [9.17, 15) is 9.59 Å². The van der Waals surface area contributed by atoms with Gasteiger partial charge >= 0.3 is 0 Å². The first kappa shape index (κ1) is 21.3. The molecule has 3 aromatic carbocycles. The molecule has 7 heteroatoms. The Morgan fingerprint density at radius 1 is 0.667 bits per heavy atom. The van der Waals surface area contributed by atoms with Crippen LogP contribution < -0.4 is 4.90 Å². The highest BCUT2D eigenvalue weighted by Crippen LogP contribution is 2.42. The fourth-order valence-electron chi connectivity index (χ4n) is 3.11. The molecule has 1 heterocycles. The lowest BCUT2D eigenvalue weighted by atomic mass is 10.2. The predicted molar refractivity (Wildman–Crippen MR) is 126 cm³/mol. The summed E-state index contributed by atoms with van der Waals surface area (Å²) in [7, 11) is 0. The number of hydrogen-bond donors (Lipinski definition) is 0. The molecular formula is C23H17Cl2NO2S2. The van der Waals surface area contributed by atoms with E-state index in [2.05, 4.69) is 0 Å². The molecule has 2 amide bonds. The van der Waals surface area contributed by atoms with Gasteiger partial charge in [-0.2, -0.15) is 0 Å². The van der Waals surface area contributed by atoms with Crippen LogP contribution in [0.1, 0.15) is 5.56 Å². The van der Waals surface area contributed by atoms with Crippen LogP contribution in [0.4, 0.5) is 5.69 Å². The molecule has 2 atom stereocenters. The Balaban J connectivity index is 1.67. The van der Waals surface area contributed by atoms with Gasteiger partial charge in [0, 0.05) is 19.8 Å². The molecule has 1 fully saturated rings. The van der Waals surface area contributed by atoms with Crippen molar-refractivity contribution in [1.29, 1.82) is 0 Å². The third-order valence-electron chi connectivity index (χ3n) is 4.65. The molecule has 0 N–H and O–H groups in total. The standard InChI is InChI=1S/C23H17Cl2NO2S2/c1-14-2-10-18(11-3-14)29-20-21(30-19-12-6-16(25)7-13-19)23(28)26(22(20)27)17-8-4-15(24)5-9-17/h2-13,20-21H,1H3/t20-,21-/m1/s1. The van der Waals surface area contributed by atoms with Crippen molar-refractivity contribution in [3.05, 3.63) is 88.4 Å². The van der Waals surface area contributed by atoms with Gasteiger partial charge in [0.05, 0.1) is 5.69 Å². The number of carbonyl (C=O) groups excluding carboxylic acids is 2. The van der Waals surface area contributed by atoms with E-state index in [4.69, 9.17) is 23.2 Å². The highest BCUT2D eigenvalue weighted by Gasteiger charge is 2.49. The number of amides is 2. The number of aryl methyl sites for hydroxylation is 1. The van der Waals surface area contributed by atoms with Gasteiger partial charge < -0.3 is 0 Å². The summed E-state index contributed by atoms with van der Waals surface area (Å²) in [4.78, 5) is 29.8. The van der Waals surface area contributed by atoms with E-state index >= 15 is 0 Å². The first-order chi connectivity index (χ1) is 14.4. The molecule has 30 heavy (non-hydrogen) atoms. The lowest BCUT2D eigenvalue weighted by Gasteiger charge is -2.14. The quantitative estimate of drug-likeness (QED) is 0.396. The zero-order valence-corrected chi connectivity index (χ0v) is 19.1. The van der Waals surface area contributed by atoms with Gasteiger partial charge in [-0.25, -0.2) is 4.90 Å². The van der Waals surface area contributed by atoms with E-state index in [1.807, 2.05) is 43.3 Å². The van der Waals surface area contributed by atoms with E-state index in [1.165, 1.54) is 28.4 Å². The van der Waals surface area contributed by atoms with Crippen LogP contribution in [0.2, 0.25) is 10.0 Å². The fourth-order valence-corrected chi connectivity index (χ4v) is 5.77. The van der Waals surface area contributed by atoms with E-state index in [0.717, 1.165) is 15.4 Å². The molecule has 4 rings (SSSR count). The summed E-state index contributed by atoms with van der Waals surface area (Å²) in [6, 6.07) is 22.0. The van der Waals surface area contributed by atoms with Crippen LogP contribution in [-0.2, 0) is 9.59 Å². The molecule has 0 spiro atoms. The summed E-state index contributed by atoms with van der Waals surface area (Å²) in [6.07, 6.45) is 0. The number of thioether (sulfide) groups is 2. The van der Waals surface area contributed by atoms with Crippen LogP contribution >= 0.6 is 46.7 Å². The lowest BCUT2D eigenvalue weighted by molar-refractivity contribution is -0.121. The molecule has 0 saturated carbocycles. The molecule has 152 valence electrons. The van der Waals surface area contributed by atoms with Crippen molar-refractivity contribution in [2.24, 2.45) is 0 Å².